The number of carbonyl (C=O) groups excluding carboxylic acids is 1. The van der Waals surface area contributed by atoms with Gasteiger partial charge in [-0.15, -0.1) is 0 Å². The minimum absolute atomic E-state index is 0.111. The van der Waals surface area contributed by atoms with E-state index in [1.165, 1.54) is 0 Å². The molecule has 0 fully saturated rings. The lowest BCUT2D eigenvalue weighted by atomic mass is 10.1. The van der Waals surface area contributed by atoms with E-state index >= 15 is 0 Å². The summed E-state index contributed by atoms with van der Waals surface area (Å²) in [6.45, 7) is 6.67. The van der Waals surface area contributed by atoms with Crippen molar-refractivity contribution in [2.45, 2.75) is 39.2 Å². The van der Waals surface area contributed by atoms with Crippen molar-refractivity contribution in [3.63, 3.8) is 0 Å². The molecule has 0 aromatic rings. The standard InChI is InChI=1S/C11H23NO3/c1-9(5-7-12)10(13)15-8-6-11(2,3)14-4/h9H,5-8,12H2,1-4H3. The summed E-state index contributed by atoms with van der Waals surface area (Å²) >= 11 is 0. The third-order valence-electron chi connectivity index (χ3n) is 2.50. The number of methoxy groups -OCH3 is 1. The normalized spacial score (nSPS) is 13.7. The molecule has 0 amide bonds. The summed E-state index contributed by atoms with van der Waals surface area (Å²) in [5.74, 6) is -0.284. The summed E-state index contributed by atoms with van der Waals surface area (Å²) < 4.78 is 10.3. The van der Waals surface area contributed by atoms with Crippen LogP contribution in [0.15, 0.2) is 0 Å². The van der Waals surface area contributed by atoms with Crippen molar-refractivity contribution in [2.24, 2.45) is 11.7 Å². The molecule has 0 heterocycles. The molecule has 0 spiro atoms. The summed E-state index contributed by atoms with van der Waals surface area (Å²) in [5, 5.41) is 0. The summed E-state index contributed by atoms with van der Waals surface area (Å²) in [4.78, 5) is 11.4. The van der Waals surface area contributed by atoms with Crippen molar-refractivity contribution in [3.05, 3.63) is 0 Å². The number of ether oxygens (including phenoxy) is 2. The second-order valence-corrected chi connectivity index (χ2v) is 4.36. The quantitative estimate of drug-likeness (QED) is 0.653. The summed E-state index contributed by atoms with van der Waals surface area (Å²) in [6.07, 6.45) is 1.37. The van der Waals surface area contributed by atoms with Gasteiger partial charge in [-0.05, 0) is 26.8 Å². The monoisotopic (exact) mass is 217 g/mol. The van der Waals surface area contributed by atoms with Gasteiger partial charge in [-0.1, -0.05) is 6.92 Å². The van der Waals surface area contributed by atoms with Gasteiger partial charge in [0.05, 0.1) is 18.1 Å². The Morgan fingerprint density at radius 2 is 2.07 bits per heavy atom. The first-order valence-corrected chi connectivity index (χ1v) is 5.35. The SMILES string of the molecule is COC(C)(C)CCOC(=O)C(C)CCN. The molecule has 1 atom stereocenters. The highest BCUT2D eigenvalue weighted by Crippen LogP contribution is 2.13. The molecule has 0 aliphatic carbocycles. The lowest BCUT2D eigenvalue weighted by Gasteiger charge is -2.22. The Balaban J connectivity index is 3.72. The van der Waals surface area contributed by atoms with Gasteiger partial charge >= 0.3 is 5.97 Å². The van der Waals surface area contributed by atoms with Gasteiger partial charge in [0.1, 0.15) is 0 Å². The van der Waals surface area contributed by atoms with Crippen LogP contribution in [0.25, 0.3) is 0 Å². The van der Waals surface area contributed by atoms with Crippen LogP contribution in [0.2, 0.25) is 0 Å². The molecule has 15 heavy (non-hydrogen) atoms. The number of hydrogen-bond donors (Lipinski definition) is 1. The van der Waals surface area contributed by atoms with Gasteiger partial charge in [-0.3, -0.25) is 4.79 Å². The summed E-state index contributed by atoms with van der Waals surface area (Å²) in [6, 6.07) is 0. The van der Waals surface area contributed by atoms with Crippen molar-refractivity contribution in [1.29, 1.82) is 0 Å². The van der Waals surface area contributed by atoms with Gasteiger partial charge in [0.2, 0.25) is 0 Å². The molecule has 0 aliphatic heterocycles. The molecule has 0 aromatic carbocycles. The average Bonchev–Trinajstić information content (AvgIpc) is 2.18. The molecule has 0 rings (SSSR count). The zero-order valence-corrected chi connectivity index (χ0v) is 10.2. The summed E-state index contributed by atoms with van der Waals surface area (Å²) in [7, 11) is 1.65. The topological polar surface area (TPSA) is 61.5 Å². The minimum Gasteiger partial charge on any atom is -0.465 e. The van der Waals surface area contributed by atoms with E-state index in [0.717, 1.165) is 0 Å². The van der Waals surface area contributed by atoms with E-state index in [-0.39, 0.29) is 17.5 Å². The molecule has 0 aromatic heterocycles. The second-order valence-electron chi connectivity index (χ2n) is 4.36. The van der Waals surface area contributed by atoms with Crippen molar-refractivity contribution in [3.8, 4) is 0 Å². The largest absolute Gasteiger partial charge is 0.465 e. The number of hydrogen-bond acceptors (Lipinski definition) is 4. The van der Waals surface area contributed by atoms with E-state index in [1.807, 2.05) is 20.8 Å². The first kappa shape index (κ1) is 14.4. The molecule has 4 heteroatoms. The third-order valence-corrected chi connectivity index (χ3v) is 2.50. The fraction of sp³-hybridized carbons (Fsp3) is 0.909. The minimum atomic E-state index is -0.239. The molecular weight excluding hydrogens is 194 g/mol. The average molecular weight is 217 g/mol. The van der Waals surface area contributed by atoms with Crippen LogP contribution in [-0.2, 0) is 14.3 Å². The highest BCUT2D eigenvalue weighted by Gasteiger charge is 2.18. The number of esters is 1. The molecule has 90 valence electrons. The summed E-state index contributed by atoms with van der Waals surface area (Å²) in [5.41, 5.74) is 5.12. The maximum atomic E-state index is 11.4. The van der Waals surface area contributed by atoms with Crippen molar-refractivity contribution >= 4 is 5.97 Å². The van der Waals surface area contributed by atoms with Crippen LogP contribution in [0, 0.1) is 5.92 Å². The Labute approximate surface area is 92.1 Å². The van der Waals surface area contributed by atoms with E-state index < -0.39 is 0 Å². The fourth-order valence-corrected chi connectivity index (χ4v) is 1.01. The predicted molar refractivity (Wildman–Crippen MR) is 59.5 cm³/mol. The van der Waals surface area contributed by atoms with Crippen LogP contribution in [-0.4, -0.2) is 31.8 Å². The smallest absolute Gasteiger partial charge is 0.308 e. The predicted octanol–water partition coefficient (Wildman–Crippen LogP) is 1.33. The highest BCUT2D eigenvalue weighted by atomic mass is 16.5. The first-order valence-electron chi connectivity index (χ1n) is 5.35. The molecule has 1 unspecified atom stereocenters. The number of rotatable bonds is 7. The molecule has 0 aliphatic rings. The molecule has 2 N–H and O–H groups in total. The van der Waals surface area contributed by atoms with Crippen LogP contribution < -0.4 is 5.73 Å². The maximum absolute atomic E-state index is 11.4. The Bertz CT molecular complexity index is 192. The van der Waals surface area contributed by atoms with Gasteiger partial charge in [0, 0.05) is 13.5 Å². The fourth-order valence-electron chi connectivity index (χ4n) is 1.01. The van der Waals surface area contributed by atoms with Crippen molar-refractivity contribution in [1.82, 2.24) is 0 Å². The van der Waals surface area contributed by atoms with Crippen LogP contribution in [0.4, 0.5) is 0 Å². The van der Waals surface area contributed by atoms with Crippen LogP contribution in [0.5, 0.6) is 0 Å². The first-order chi connectivity index (χ1) is 6.93. The number of nitrogens with two attached hydrogens (primary N) is 1. The molecule has 0 saturated carbocycles. The van der Waals surface area contributed by atoms with E-state index in [9.17, 15) is 4.79 Å². The highest BCUT2D eigenvalue weighted by molar-refractivity contribution is 5.71. The van der Waals surface area contributed by atoms with Gasteiger partial charge in [0.25, 0.3) is 0 Å². The van der Waals surface area contributed by atoms with Crippen molar-refractivity contribution < 1.29 is 14.3 Å². The zero-order chi connectivity index (χ0) is 11.9. The van der Waals surface area contributed by atoms with E-state index in [4.69, 9.17) is 15.2 Å². The molecule has 4 nitrogen and oxygen atoms in total. The Morgan fingerprint density at radius 3 is 2.53 bits per heavy atom. The molecule has 0 bridgehead atoms. The van der Waals surface area contributed by atoms with Crippen LogP contribution in [0.3, 0.4) is 0 Å². The molecule has 0 saturated heterocycles. The maximum Gasteiger partial charge on any atom is 0.308 e. The van der Waals surface area contributed by atoms with E-state index in [0.29, 0.717) is 26.0 Å². The number of carbonyl (C=O) groups is 1. The Kier molecular flexibility index (Phi) is 6.52. The Hall–Kier alpha value is -0.610. The lowest BCUT2D eigenvalue weighted by Crippen LogP contribution is -2.26. The lowest BCUT2D eigenvalue weighted by molar-refractivity contribution is -0.149. The van der Waals surface area contributed by atoms with Crippen LogP contribution in [0.1, 0.15) is 33.6 Å². The molecule has 0 radical (unpaired) electrons. The van der Waals surface area contributed by atoms with Gasteiger partial charge in [-0.25, -0.2) is 0 Å². The zero-order valence-electron chi connectivity index (χ0n) is 10.2. The Morgan fingerprint density at radius 1 is 1.47 bits per heavy atom. The van der Waals surface area contributed by atoms with Gasteiger partial charge in [0.15, 0.2) is 0 Å². The van der Waals surface area contributed by atoms with Gasteiger partial charge < -0.3 is 15.2 Å². The van der Waals surface area contributed by atoms with Crippen molar-refractivity contribution in [2.75, 3.05) is 20.3 Å². The second kappa shape index (κ2) is 6.80. The van der Waals surface area contributed by atoms with Crippen LogP contribution >= 0.6 is 0 Å². The van der Waals surface area contributed by atoms with Gasteiger partial charge in [-0.2, -0.15) is 0 Å². The molecular formula is C11H23NO3. The van der Waals surface area contributed by atoms with E-state index in [2.05, 4.69) is 0 Å². The van der Waals surface area contributed by atoms with E-state index in [1.54, 1.807) is 7.11 Å². The third kappa shape index (κ3) is 6.47.